The lowest BCUT2D eigenvalue weighted by atomic mass is 10.1. The molecule has 0 aliphatic rings. The van der Waals surface area contributed by atoms with Gasteiger partial charge < -0.3 is 4.57 Å². The number of hydrogen-bond acceptors (Lipinski definition) is 1. The summed E-state index contributed by atoms with van der Waals surface area (Å²) < 4.78 is 2.01. The van der Waals surface area contributed by atoms with Crippen molar-refractivity contribution in [2.45, 2.75) is 0 Å². The van der Waals surface area contributed by atoms with Crippen LogP contribution < -0.4 is 0 Å². The third-order valence-electron chi connectivity index (χ3n) is 3.14. The van der Waals surface area contributed by atoms with Crippen LogP contribution in [0.2, 0.25) is 0 Å². The molecule has 17 heavy (non-hydrogen) atoms. The van der Waals surface area contributed by atoms with Crippen molar-refractivity contribution in [2.24, 2.45) is 7.05 Å². The van der Waals surface area contributed by atoms with Gasteiger partial charge in [-0.05, 0) is 23.7 Å². The zero-order chi connectivity index (χ0) is 12.0. The summed E-state index contributed by atoms with van der Waals surface area (Å²) in [6.45, 7) is 0. The van der Waals surface area contributed by atoms with Crippen molar-refractivity contribution in [3.05, 3.63) is 48.0 Å². The highest BCUT2D eigenvalue weighted by Gasteiger charge is 2.14. The van der Waals surface area contributed by atoms with Crippen molar-refractivity contribution in [1.82, 2.24) is 4.57 Å². The Kier molecular flexibility index (Phi) is 2.20. The lowest BCUT2D eigenvalue weighted by molar-refractivity contribution is 0.108. The summed E-state index contributed by atoms with van der Waals surface area (Å²) in [4.78, 5) is 11.4. The molecule has 1 aromatic heterocycles. The van der Waals surface area contributed by atoms with E-state index in [9.17, 15) is 4.79 Å². The molecule has 0 aliphatic carbocycles. The number of benzene rings is 2. The number of para-hydroxylation sites is 2. The average Bonchev–Trinajstić information content (AvgIpc) is 2.64. The van der Waals surface area contributed by atoms with Gasteiger partial charge in [0.2, 0.25) is 0 Å². The minimum absolute atomic E-state index is 0.415. The number of halogens is 1. The van der Waals surface area contributed by atoms with Crippen LogP contribution in [0.25, 0.3) is 21.8 Å². The van der Waals surface area contributed by atoms with Gasteiger partial charge in [0, 0.05) is 23.3 Å². The van der Waals surface area contributed by atoms with Crippen molar-refractivity contribution >= 4 is 38.6 Å². The van der Waals surface area contributed by atoms with Crippen LogP contribution in [0.3, 0.4) is 0 Å². The van der Waals surface area contributed by atoms with E-state index in [1.54, 1.807) is 6.07 Å². The molecule has 0 spiro atoms. The Morgan fingerprint density at radius 1 is 1.06 bits per heavy atom. The maximum atomic E-state index is 11.4. The number of hydrogen-bond donors (Lipinski definition) is 0. The van der Waals surface area contributed by atoms with Gasteiger partial charge in [-0.1, -0.05) is 30.3 Å². The lowest BCUT2D eigenvalue weighted by Crippen LogP contribution is -1.95. The van der Waals surface area contributed by atoms with Crippen LogP contribution in [0.1, 0.15) is 10.4 Å². The summed E-state index contributed by atoms with van der Waals surface area (Å²) in [5, 5.41) is 1.79. The number of carbonyl (C=O) groups excluding carboxylic acids is 1. The zero-order valence-corrected chi connectivity index (χ0v) is 10.0. The highest BCUT2D eigenvalue weighted by molar-refractivity contribution is 6.68. The Bertz CT molecular complexity index is 742. The Labute approximate surface area is 103 Å². The molecule has 0 radical (unpaired) electrons. The number of carbonyl (C=O) groups is 1. The van der Waals surface area contributed by atoms with E-state index in [-0.39, 0.29) is 0 Å². The maximum Gasteiger partial charge on any atom is 0.254 e. The number of aryl methyl sites for hydroxylation is 1. The normalized spacial score (nSPS) is 11.2. The van der Waals surface area contributed by atoms with Gasteiger partial charge in [0.15, 0.2) is 0 Å². The van der Waals surface area contributed by atoms with Crippen molar-refractivity contribution in [3.63, 3.8) is 0 Å². The molecular formula is C14H10ClNO. The summed E-state index contributed by atoms with van der Waals surface area (Å²) >= 11 is 5.63. The van der Waals surface area contributed by atoms with Gasteiger partial charge in [-0.3, -0.25) is 4.79 Å². The number of nitrogens with zero attached hydrogens (tertiary/aromatic N) is 1. The van der Waals surface area contributed by atoms with Gasteiger partial charge in [-0.25, -0.2) is 0 Å². The predicted molar refractivity (Wildman–Crippen MR) is 70.6 cm³/mol. The molecule has 2 nitrogen and oxygen atoms in total. The first-order valence-electron chi connectivity index (χ1n) is 5.36. The number of fused-ring (bicyclic) bond motifs is 3. The second-order valence-corrected chi connectivity index (χ2v) is 4.39. The van der Waals surface area contributed by atoms with E-state index in [1.165, 1.54) is 0 Å². The van der Waals surface area contributed by atoms with Crippen molar-refractivity contribution in [3.8, 4) is 0 Å². The number of aromatic nitrogens is 1. The molecular weight excluding hydrogens is 234 g/mol. The van der Waals surface area contributed by atoms with Gasteiger partial charge in [0.05, 0.1) is 11.1 Å². The van der Waals surface area contributed by atoms with E-state index in [2.05, 4.69) is 6.07 Å². The van der Waals surface area contributed by atoms with Crippen molar-refractivity contribution < 1.29 is 4.79 Å². The van der Waals surface area contributed by atoms with E-state index in [1.807, 2.05) is 41.9 Å². The Hall–Kier alpha value is -1.80. The van der Waals surface area contributed by atoms with Crippen molar-refractivity contribution in [2.75, 3.05) is 0 Å². The van der Waals surface area contributed by atoms with Crippen LogP contribution in [-0.4, -0.2) is 9.81 Å². The quantitative estimate of drug-likeness (QED) is 0.597. The minimum Gasteiger partial charge on any atom is -0.343 e. The highest BCUT2D eigenvalue weighted by Crippen LogP contribution is 2.30. The molecule has 0 aliphatic heterocycles. The predicted octanol–water partition coefficient (Wildman–Crippen LogP) is 3.71. The lowest BCUT2D eigenvalue weighted by Gasteiger charge is -2.01. The third-order valence-corrected chi connectivity index (χ3v) is 3.34. The van der Waals surface area contributed by atoms with Crippen LogP contribution >= 0.6 is 11.6 Å². The first-order chi connectivity index (χ1) is 8.20. The fraction of sp³-hybridized carbons (Fsp3) is 0.0714. The third kappa shape index (κ3) is 1.38. The molecule has 0 N–H and O–H groups in total. The van der Waals surface area contributed by atoms with Crippen molar-refractivity contribution in [1.29, 1.82) is 0 Å². The highest BCUT2D eigenvalue weighted by atomic mass is 35.5. The van der Waals surface area contributed by atoms with Crippen LogP contribution in [0, 0.1) is 0 Å². The molecule has 0 fully saturated rings. The van der Waals surface area contributed by atoms with Gasteiger partial charge in [-0.2, -0.15) is 0 Å². The molecule has 0 saturated heterocycles. The second-order valence-electron chi connectivity index (χ2n) is 4.05. The molecule has 0 unspecified atom stereocenters. The SMILES string of the molecule is Cn1c2ccccc2c2cccc(C(=O)Cl)c21. The summed E-state index contributed by atoms with van der Waals surface area (Å²) in [6, 6.07) is 13.7. The fourth-order valence-corrected chi connectivity index (χ4v) is 2.55. The number of rotatable bonds is 1. The van der Waals surface area contributed by atoms with Gasteiger partial charge >= 0.3 is 0 Å². The van der Waals surface area contributed by atoms with Crippen LogP contribution in [0.4, 0.5) is 0 Å². The molecule has 0 atom stereocenters. The van der Waals surface area contributed by atoms with Crippen LogP contribution in [0.15, 0.2) is 42.5 Å². The van der Waals surface area contributed by atoms with E-state index < -0.39 is 5.24 Å². The standard InChI is InChI=1S/C14H10ClNO/c1-16-12-8-3-2-5-9(12)10-6-4-7-11(13(10)16)14(15)17/h2-8H,1H3. The summed E-state index contributed by atoms with van der Waals surface area (Å²) in [6.07, 6.45) is 0. The second kappa shape index (κ2) is 3.60. The first kappa shape index (κ1) is 10.4. The molecule has 0 amide bonds. The molecule has 0 saturated carbocycles. The molecule has 3 rings (SSSR count). The van der Waals surface area contributed by atoms with Gasteiger partial charge in [0.25, 0.3) is 5.24 Å². The molecule has 3 aromatic rings. The van der Waals surface area contributed by atoms with Gasteiger partial charge in [-0.15, -0.1) is 0 Å². The molecule has 2 aromatic carbocycles. The summed E-state index contributed by atoms with van der Waals surface area (Å²) in [7, 11) is 1.95. The smallest absolute Gasteiger partial charge is 0.254 e. The van der Waals surface area contributed by atoms with Crippen LogP contribution in [-0.2, 0) is 7.05 Å². The first-order valence-corrected chi connectivity index (χ1v) is 5.74. The molecule has 0 bridgehead atoms. The largest absolute Gasteiger partial charge is 0.343 e. The topological polar surface area (TPSA) is 22.0 Å². The Balaban J connectivity index is 2.61. The Morgan fingerprint density at radius 2 is 1.76 bits per heavy atom. The van der Waals surface area contributed by atoms with E-state index >= 15 is 0 Å². The molecule has 3 heteroatoms. The van der Waals surface area contributed by atoms with Gasteiger partial charge in [0.1, 0.15) is 0 Å². The minimum atomic E-state index is -0.415. The Morgan fingerprint density at radius 3 is 2.53 bits per heavy atom. The van der Waals surface area contributed by atoms with Crippen LogP contribution in [0.5, 0.6) is 0 Å². The monoisotopic (exact) mass is 243 g/mol. The summed E-state index contributed by atoms with van der Waals surface area (Å²) in [5.41, 5.74) is 2.56. The maximum absolute atomic E-state index is 11.4. The molecule has 1 heterocycles. The molecule has 84 valence electrons. The average molecular weight is 244 g/mol. The fourth-order valence-electron chi connectivity index (χ4n) is 2.40. The van der Waals surface area contributed by atoms with E-state index in [0.717, 1.165) is 21.8 Å². The van der Waals surface area contributed by atoms with E-state index in [4.69, 9.17) is 11.6 Å². The van der Waals surface area contributed by atoms with E-state index in [0.29, 0.717) is 5.56 Å². The zero-order valence-electron chi connectivity index (χ0n) is 9.27. The summed E-state index contributed by atoms with van der Waals surface area (Å²) in [5.74, 6) is 0.